The molecule has 1 amide bonds. The summed E-state index contributed by atoms with van der Waals surface area (Å²) in [5.74, 6) is -1.42. The first-order valence-corrected chi connectivity index (χ1v) is 11.8. The van der Waals surface area contributed by atoms with Gasteiger partial charge in [-0.1, -0.05) is 36.4 Å². The molecule has 38 heavy (non-hydrogen) atoms. The summed E-state index contributed by atoms with van der Waals surface area (Å²) in [6, 6.07) is 18.8. The fourth-order valence-corrected chi connectivity index (χ4v) is 4.27. The highest BCUT2D eigenvalue weighted by Crippen LogP contribution is 2.49. The van der Waals surface area contributed by atoms with Crippen LogP contribution in [0.5, 0.6) is 0 Å². The Kier molecular flexibility index (Phi) is 6.34. The molecule has 10 heteroatoms. The van der Waals surface area contributed by atoms with Gasteiger partial charge in [0.05, 0.1) is 29.2 Å². The molecule has 1 fully saturated rings. The molecule has 190 valence electrons. The van der Waals surface area contributed by atoms with Gasteiger partial charge in [-0.05, 0) is 55.2 Å². The molecule has 0 saturated heterocycles. The van der Waals surface area contributed by atoms with Gasteiger partial charge in [-0.15, -0.1) is 0 Å². The molecule has 9 nitrogen and oxygen atoms in total. The van der Waals surface area contributed by atoms with E-state index in [9.17, 15) is 24.3 Å². The van der Waals surface area contributed by atoms with E-state index < -0.39 is 29.4 Å². The van der Waals surface area contributed by atoms with E-state index in [0.717, 1.165) is 5.56 Å². The number of aromatic nitrogens is 3. The number of nitrogens with one attached hydrogen (secondary N) is 1. The predicted octanol–water partition coefficient (Wildman–Crippen LogP) is 5.37. The molecule has 0 radical (unpaired) electrons. The number of benzene rings is 2. The number of ether oxygens (including phenoxy) is 1. The molecule has 4 aromatic rings. The van der Waals surface area contributed by atoms with Crippen molar-refractivity contribution in [3.63, 3.8) is 0 Å². The van der Waals surface area contributed by atoms with Crippen LogP contribution in [0.15, 0.2) is 73.1 Å². The number of rotatable bonds is 7. The number of hydrogen-bond acceptors (Lipinski definition) is 6. The minimum absolute atomic E-state index is 0.103. The van der Waals surface area contributed by atoms with Crippen molar-refractivity contribution in [2.24, 2.45) is 0 Å². The number of aliphatic carboxylic acids is 1. The molecule has 1 unspecified atom stereocenters. The summed E-state index contributed by atoms with van der Waals surface area (Å²) in [7, 11) is 0. The van der Waals surface area contributed by atoms with Crippen LogP contribution in [-0.2, 0) is 14.9 Å². The molecule has 0 aliphatic heterocycles. The Hall–Kier alpha value is -5.04. The standard InChI is InChI=1S/C28H22FN5O4/c1-17(18-5-3-2-4-6-18)38-27(37)33-25-19(14-30)15-32-34(25)21-8-10-24(31-16-21)22-9-7-20(13-23(22)29)28(11-12-28)26(35)36/h2-10,13,15-17H,11-12H2,1H3,(H,33,37)(H,35,36). The molecule has 2 aromatic heterocycles. The smallest absolute Gasteiger partial charge is 0.413 e. The predicted molar refractivity (Wildman–Crippen MR) is 135 cm³/mol. The van der Waals surface area contributed by atoms with Crippen molar-refractivity contribution in [2.45, 2.75) is 31.3 Å². The van der Waals surface area contributed by atoms with Crippen LogP contribution in [0.2, 0.25) is 0 Å². The van der Waals surface area contributed by atoms with E-state index in [1.807, 2.05) is 36.4 Å². The number of carboxylic acids is 1. The summed E-state index contributed by atoms with van der Waals surface area (Å²) >= 11 is 0. The number of nitrogens with zero attached hydrogens (tertiary/aromatic N) is 4. The Labute approximate surface area is 217 Å². The summed E-state index contributed by atoms with van der Waals surface area (Å²) in [5, 5.41) is 25.7. The second kappa shape index (κ2) is 9.78. The molecule has 5 rings (SSSR count). The van der Waals surface area contributed by atoms with E-state index in [4.69, 9.17) is 4.74 Å². The largest absolute Gasteiger partial charge is 0.481 e. The zero-order chi connectivity index (χ0) is 26.9. The lowest BCUT2D eigenvalue weighted by molar-refractivity contribution is -0.140. The van der Waals surface area contributed by atoms with Gasteiger partial charge in [-0.25, -0.2) is 13.9 Å². The van der Waals surface area contributed by atoms with Crippen LogP contribution < -0.4 is 5.32 Å². The monoisotopic (exact) mass is 511 g/mol. The van der Waals surface area contributed by atoms with Crippen LogP contribution in [0.3, 0.4) is 0 Å². The van der Waals surface area contributed by atoms with E-state index in [1.165, 1.54) is 29.2 Å². The number of carbonyl (C=O) groups excluding carboxylic acids is 1. The van der Waals surface area contributed by atoms with Crippen molar-refractivity contribution in [3.05, 3.63) is 95.6 Å². The average molecular weight is 512 g/mol. The number of nitriles is 1. The van der Waals surface area contributed by atoms with E-state index in [2.05, 4.69) is 15.4 Å². The first-order valence-electron chi connectivity index (χ1n) is 11.8. The molecule has 0 spiro atoms. The van der Waals surface area contributed by atoms with Gasteiger partial charge in [0, 0.05) is 5.56 Å². The first-order chi connectivity index (χ1) is 18.3. The quantitative estimate of drug-likeness (QED) is 0.341. The number of anilines is 1. The summed E-state index contributed by atoms with van der Waals surface area (Å²) < 4.78 is 21.7. The number of amides is 1. The molecule has 1 aliphatic rings. The number of carbonyl (C=O) groups is 2. The average Bonchev–Trinajstić information content (AvgIpc) is 3.65. The third kappa shape index (κ3) is 4.57. The van der Waals surface area contributed by atoms with Crippen molar-refractivity contribution < 1.29 is 23.8 Å². The van der Waals surface area contributed by atoms with E-state index >= 15 is 0 Å². The van der Waals surface area contributed by atoms with Crippen molar-refractivity contribution in [2.75, 3.05) is 5.32 Å². The van der Waals surface area contributed by atoms with E-state index in [-0.39, 0.29) is 16.9 Å². The molecule has 2 aromatic carbocycles. The molecule has 2 heterocycles. The molecular formula is C28H22FN5O4. The van der Waals surface area contributed by atoms with Crippen molar-refractivity contribution in [1.29, 1.82) is 5.26 Å². The Bertz CT molecular complexity index is 1560. The minimum atomic E-state index is -1.00. The first kappa shape index (κ1) is 24.6. The van der Waals surface area contributed by atoms with Crippen LogP contribution in [0.25, 0.3) is 16.9 Å². The molecule has 1 saturated carbocycles. The fraction of sp³-hybridized carbons (Fsp3) is 0.179. The van der Waals surface area contributed by atoms with Gasteiger partial charge in [0.1, 0.15) is 23.6 Å². The van der Waals surface area contributed by atoms with Gasteiger partial charge in [0.25, 0.3) is 0 Å². The van der Waals surface area contributed by atoms with Gasteiger partial charge in [-0.2, -0.15) is 10.4 Å². The summed E-state index contributed by atoms with van der Waals surface area (Å²) in [5.41, 5.74) is 1.33. The van der Waals surface area contributed by atoms with Gasteiger partial charge in [0.2, 0.25) is 0 Å². The number of carboxylic acid groups (broad SMARTS) is 1. The molecule has 2 N–H and O–H groups in total. The number of pyridine rings is 1. The third-order valence-electron chi connectivity index (χ3n) is 6.61. The number of hydrogen-bond donors (Lipinski definition) is 2. The fourth-order valence-electron chi connectivity index (χ4n) is 4.27. The second-order valence-electron chi connectivity index (χ2n) is 9.00. The minimum Gasteiger partial charge on any atom is -0.481 e. The molecule has 1 atom stereocenters. The van der Waals surface area contributed by atoms with Crippen LogP contribution in [-0.4, -0.2) is 31.9 Å². The van der Waals surface area contributed by atoms with Crippen LogP contribution in [0.1, 0.15) is 42.6 Å². The molecular weight excluding hydrogens is 489 g/mol. The van der Waals surface area contributed by atoms with Gasteiger partial charge < -0.3 is 9.84 Å². The Balaban J connectivity index is 1.36. The van der Waals surface area contributed by atoms with E-state index in [0.29, 0.717) is 29.8 Å². The van der Waals surface area contributed by atoms with Crippen molar-refractivity contribution in [3.8, 4) is 23.0 Å². The Morgan fingerprint density at radius 1 is 1.16 bits per heavy atom. The van der Waals surface area contributed by atoms with Gasteiger partial charge in [0.15, 0.2) is 5.82 Å². The maximum absolute atomic E-state index is 14.9. The van der Waals surface area contributed by atoms with Gasteiger partial charge in [-0.3, -0.25) is 15.1 Å². The van der Waals surface area contributed by atoms with Crippen molar-refractivity contribution >= 4 is 17.9 Å². The van der Waals surface area contributed by atoms with Crippen LogP contribution in [0.4, 0.5) is 15.0 Å². The van der Waals surface area contributed by atoms with Gasteiger partial charge >= 0.3 is 12.1 Å². The van der Waals surface area contributed by atoms with Crippen LogP contribution in [0, 0.1) is 17.1 Å². The highest BCUT2D eigenvalue weighted by Gasteiger charge is 2.51. The lowest BCUT2D eigenvalue weighted by atomic mass is 9.94. The highest BCUT2D eigenvalue weighted by molar-refractivity contribution is 5.86. The normalized spacial score (nSPS) is 14.2. The Morgan fingerprint density at radius 2 is 1.92 bits per heavy atom. The topological polar surface area (TPSA) is 130 Å². The summed E-state index contributed by atoms with van der Waals surface area (Å²) in [6.07, 6.45) is 2.42. The lowest BCUT2D eigenvalue weighted by Crippen LogP contribution is -2.19. The van der Waals surface area contributed by atoms with Crippen LogP contribution >= 0.6 is 0 Å². The van der Waals surface area contributed by atoms with E-state index in [1.54, 1.807) is 25.1 Å². The molecule has 1 aliphatic carbocycles. The maximum atomic E-state index is 14.9. The molecule has 0 bridgehead atoms. The highest BCUT2D eigenvalue weighted by atomic mass is 19.1. The lowest BCUT2D eigenvalue weighted by Gasteiger charge is -2.15. The summed E-state index contributed by atoms with van der Waals surface area (Å²) in [4.78, 5) is 28.5. The maximum Gasteiger partial charge on any atom is 0.413 e. The third-order valence-corrected chi connectivity index (χ3v) is 6.61. The zero-order valence-corrected chi connectivity index (χ0v) is 20.3. The SMILES string of the molecule is CC(OC(=O)Nc1c(C#N)cnn1-c1ccc(-c2ccc(C3(C(=O)O)CC3)cc2F)nc1)c1ccccc1. The second-order valence-corrected chi connectivity index (χ2v) is 9.00. The number of halogens is 1. The zero-order valence-electron chi connectivity index (χ0n) is 20.3. The summed E-state index contributed by atoms with van der Waals surface area (Å²) in [6.45, 7) is 1.73. The van der Waals surface area contributed by atoms with Crippen molar-refractivity contribution in [1.82, 2.24) is 14.8 Å². The Morgan fingerprint density at radius 3 is 2.53 bits per heavy atom.